The highest BCUT2D eigenvalue weighted by Crippen LogP contribution is 2.18. The largest absolute Gasteiger partial charge is 0.496 e. The average Bonchev–Trinajstić information content (AvgIpc) is 2.70. The van der Waals surface area contributed by atoms with Crippen LogP contribution in [0.2, 0.25) is 0 Å². The molecule has 2 aromatic rings. The van der Waals surface area contributed by atoms with Crippen molar-refractivity contribution in [2.24, 2.45) is 4.99 Å². The van der Waals surface area contributed by atoms with Crippen molar-refractivity contribution >= 4 is 16.8 Å². The maximum atomic E-state index is 12.2. The van der Waals surface area contributed by atoms with Gasteiger partial charge >= 0.3 is 0 Å². The number of methoxy groups -OCH3 is 1. The number of rotatable bonds is 10. The number of aryl methyl sites for hydroxylation is 1. The quantitative estimate of drug-likeness (QED) is 0.474. The third-order valence-electron chi connectivity index (χ3n) is 4.28. The van der Waals surface area contributed by atoms with Crippen molar-refractivity contribution in [3.05, 3.63) is 65.2 Å². The van der Waals surface area contributed by atoms with Crippen molar-refractivity contribution in [2.75, 3.05) is 32.5 Å². The topological polar surface area (TPSA) is 62.7 Å². The molecule has 5 nitrogen and oxygen atoms in total. The van der Waals surface area contributed by atoms with Crippen molar-refractivity contribution in [3.63, 3.8) is 0 Å². The smallest absolute Gasteiger partial charge is 0.191 e. The lowest BCUT2D eigenvalue weighted by Gasteiger charge is -2.12. The van der Waals surface area contributed by atoms with Gasteiger partial charge in [-0.3, -0.25) is 9.20 Å². The summed E-state index contributed by atoms with van der Waals surface area (Å²) in [5, 5.41) is 6.58. The van der Waals surface area contributed by atoms with Crippen LogP contribution < -0.4 is 15.4 Å². The first kappa shape index (κ1) is 22.0. The Morgan fingerprint density at radius 1 is 1.11 bits per heavy atom. The normalized spacial score (nSPS) is 12.5. The van der Waals surface area contributed by atoms with E-state index in [0.29, 0.717) is 18.1 Å². The van der Waals surface area contributed by atoms with Gasteiger partial charge in [-0.1, -0.05) is 42.5 Å². The summed E-state index contributed by atoms with van der Waals surface area (Å²) in [6.07, 6.45) is 0.876. The van der Waals surface area contributed by atoms with Crippen LogP contribution in [0, 0.1) is 6.92 Å². The lowest BCUT2D eigenvalue weighted by atomic mass is 10.1. The maximum Gasteiger partial charge on any atom is 0.191 e. The molecule has 0 aliphatic rings. The standard InChI is InChI=1S/C22H31N3O2S/c1-4-23-22(24-13-12-19-11-10-18(2)21(16-19)27-3)25-14-15-28(26)17-20-8-6-5-7-9-20/h5-11,16H,4,12-15,17H2,1-3H3,(H2,23,24,25). The lowest BCUT2D eigenvalue weighted by molar-refractivity contribution is 0.411. The second kappa shape index (κ2) is 12.2. The number of nitrogens with one attached hydrogen (secondary N) is 2. The molecule has 152 valence electrons. The zero-order chi connectivity index (χ0) is 20.2. The second-order valence-electron chi connectivity index (χ2n) is 6.52. The molecule has 2 aromatic carbocycles. The Hall–Kier alpha value is -2.34. The van der Waals surface area contributed by atoms with Crippen LogP contribution in [0.4, 0.5) is 0 Å². The summed E-state index contributed by atoms with van der Waals surface area (Å²) in [6, 6.07) is 16.2. The number of hydrogen-bond acceptors (Lipinski definition) is 3. The predicted molar refractivity (Wildman–Crippen MR) is 119 cm³/mol. The van der Waals surface area contributed by atoms with Crippen molar-refractivity contribution in [1.82, 2.24) is 10.6 Å². The molecule has 1 atom stereocenters. The maximum absolute atomic E-state index is 12.2. The van der Waals surface area contributed by atoms with Gasteiger partial charge in [-0.25, -0.2) is 0 Å². The van der Waals surface area contributed by atoms with Gasteiger partial charge in [0.2, 0.25) is 0 Å². The van der Waals surface area contributed by atoms with Gasteiger partial charge in [0.05, 0.1) is 13.7 Å². The Labute approximate surface area is 171 Å². The molecule has 28 heavy (non-hydrogen) atoms. The molecule has 0 heterocycles. The van der Waals surface area contributed by atoms with E-state index in [4.69, 9.17) is 4.74 Å². The van der Waals surface area contributed by atoms with Gasteiger partial charge in [0.1, 0.15) is 5.75 Å². The Morgan fingerprint density at radius 2 is 1.89 bits per heavy atom. The minimum Gasteiger partial charge on any atom is -0.496 e. The zero-order valence-electron chi connectivity index (χ0n) is 17.0. The zero-order valence-corrected chi connectivity index (χ0v) is 17.8. The molecule has 2 N–H and O–H groups in total. The Kier molecular flexibility index (Phi) is 9.55. The summed E-state index contributed by atoms with van der Waals surface area (Å²) in [5.41, 5.74) is 3.45. The summed E-state index contributed by atoms with van der Waals surface area (Å²) in [5.74, 6) is 2.81. The molecule has 0 aliphatic carbocycles. The van der Waals surface area contributed by atoms with E-state index in [-0.39, 0.29) is 0 Å². The van der Waals surface area contributed by atoms with Gasteiger partial charge < -0.3 is 15.4 Å². The second-order valence-corrected chi connectivity index (χ2v) is 8.09. The van der Waals surface area contributed by atoms with E-state index < -0.39 is 10.8 Å². The highest BCUT2D eigenvalue weighted by Gasteiger charge is 2.04. The molecule has 6 heteroatoms. The van der Waals surface area contributed by atoms with Gasteiger partial charge in [-0.05, 0) is 43.0 Å². The first-order valence-corrected chi connectivity index (χ1v) is 11.2. The molecule has 0 fully saturated rings. The monoisotopic (exact) mass is 401 g/mol. The van der Waals surface area contributed by atoms with Crippen LogP contribution in [0.25, 0.3) is 0 Å². The molecule has 0 aliphatic heterocycles. The van der Waals surface area contributed by atoms with Crippen LogP contribution in [0.5, 0.6) is 5.75 Å². The minimum absolute atomic E-state index is 0.535. The number of nitrogens with zero attached hydrogens (tertiary/aromatic N) is 1. The molecular formula is C22H31N3O2S. The van der Waals surface area contributed by atoms with Gasteiger partial charge in [0, 0.05) is 35.4 Å². The van der Waals surface area contributed by atoms with Gasteiger partial charge in [0.15, 0.2) is 5.96 Å². The van der Waals surface area contributed by atoms with Crippen molar-refractivity contribution < 1.29 is 8.95 Å². The van der Waals surface area contributed by atoms with E-state index in [2.05, 4.69) is 33.8 Å². The van der Waals surface area contributed by atoms with E-state index in [1.54, 1.807) is 7.11 Å². The average molecular weight is 402 g/mol. The highest BCUT2D eigenvalue weighted by molar-refractivity contribution is 7.84. The lowest BCUT2D eigenvalue weighted by Crippen LogP contribution is -2.38. The van der Waals surface area contributed by atoms with Crippen molar-refractivity contribution in [2.45, 2.75) is 26.0 Å². The fourth-order valence-corrected chi connectivity index (χ4v) is 3.78. The molecule has 0 spiro atoms. The molecule has 0 saturated carbocycles. The number of aliphatic imine (C=N–C) groups is 1. The summed E-state index contributed by atoms with van der Waals surface area (Å²) >= 11 is 0. The molecular weight excluding hydrogens is 370 g/mol. The van der Waals surface area contributed by atoms with Crippen LogP contribution >= 0.6 is 0 Å². The van der Waals surface area contributed by atoms with E-state index >= 15 is 0 Å². The number of guanidine groups is 1. The first-order valence-electron chi connectivity index (χ1n) is 9.67. The van der Waals surface area contributed by atoms with Crippen LogP contribution in [0.1, 0.15) is 23.6 Å². The van der Waals surface area contributed by atoms with E-state index in [1.807, 2.05) is 44.2 Å². The number of hydrogen-bond donors (Lipinski definition) is 2. The molecule has 0 amide bonds. The molecule has 0 saturated heterocycles. The Morgan fingerprint density at radius 3 is 2.61 bits per heavy atom. The van der Waals surface area contributed by atoms with Crippen molar-refractivity contribution in [3.8, 4) is 5.75 Å². The molecule has 2 rings (SSSR count). The summed E-state index contributed by atoms with van der Waals surface area (Å²) in [6.45, 7) is 6.17. The molecule has 0 radical (unpaired) electrons. The summed E-state index contributed by atoms with van der Waals surface area (Å²) < 4.78 is 17.6. The third-order valence-corrected chi connectivity index (χ3v) is 5.58. The number of benzene rings is 2. The molecule has 0 bridgehead atoms. The highest BCUT2D eigenvalue weighted by atomic mass is 32.2. The van der Waals surface area contributed by atoms with Crippen molar-refractivity contribution in [1.29, 1.82) is 0 Å². The first-order chi connectivity index (χ1) is 13.6. The number of ether oxygens (including phenoxy) is 1. The van der Waals surface area contributed by atoms with Crippen LogP contribution in [-0.2, 0) is 23.0 Å². The van der Waals surface area contributed by atoms with Crippen LogP contribution in [0.3, 0.4) is 0 Å². The van der Waals surface area contributed by atoms with Crippen LogP contribution in [0.15, 0.2) is 53.5 Å². The fourth-order valence-electron chi connectivity index (χ4n) is 2.78. The Balaban J connectivity index is 1.79. The minimum atomic E-state index is -0.909. The summed E-state index contributed by atoms with van der Waals surface area (Å²) in [7, 11) is 0.787. The fraction of sp³-hybridized carbons (Fsp3) is 0.409. The third kappa shape index (κ3) is 7.72. The van der Waals surface area contributed by atoms with E-state index in [1.165, 1.54) is 5.56 Å². The predicted octanol–water partition coefficient (Wildman–Crippen LogP) is 3.05. The molecule has 1 unspecified atom stereocenters. The summed E-state index contributed by atoms with van der Waals surface area (Å²) in [4.78, 5) is 4.55. The Bertz CT molecular complexity index is 779. The van der Waals surface area contributed by atoms with E-state index in [9.17, 15) is 4.21 Å². The van der Waals surface area contributed by atoms with Crippen LogP contribution in [-0.4, -0.2) is 42.7 Å². The molecule has 0 aromatic heterocycles. The van der Waals surface area contributed by atoms with Gasteiger partial charge in [-0.2, -0.15) is 0 Å². The van der Waals surface area contributed by atoms with Gasteiger partial charge in [-0.15, -0.1) is 0 Å². The van der Waals surface area contributed by atoms with E-state index in [0.717, 1.165) is 42.3 Å². The SMILES string of the molecule is CCNC(=NCCS(=O)Cc1ccccc1)NCCc1ccc(C)c(OC)c1. The van der Waals surface area contributed by atoms with Gasteiger partial charge in [0.25, 0.3) is 0 Å².